The molecular weight excluding hydrogens is 188 g/mol. The number of carbonyl (C=O) groups excluding carboxylic acids is 1. The topological polar surface area (TPSA) is 44.1 Å². The van der Waals surface area contributed by atoms with E-state index in [1.165, 1.54) is 12.8 Å². The fourth-order valence-corrected chi connectivity index (χ4v) is 1.39. The summed E-state index contributed by atoms with van der Waals surface area (Å²) in [7, 11) is 1.78. The van der Waals surface area contributed by atoms with E-state index >= 15 is 0 Å². The van der Waals surface area contributed by atoms with Crippen LogP contribution in [0.3, 0.4) is 0 Å². The van der Waals surface area contributed by atoms with Crippen LogP contribution < -0.4 is 0 Å². The van der Waals surface area contributed by atoms with Crippen LogP contribution in [0.4, 0.5) is 0 Å². The molecule has 0 aliphatic carbocycles. The Labute approximate surface area is 93.1 Å². The van der Waals surface area contributed by atoms with Crippen LogP contribution >= 0.6 is 0 Å². The van der Waals surface area contributed by atoms with E-state index in [-0.39, 0.29) is 11.9 Å². The van der Waals surface area contributed by atoms with Gasteiger partial charge in [0.2, 0.25) is 5.91 Å². The molecular formula is C12H22N2O. The molecule has 0 N–H and O–H groups in total. The highest BCUT2D eigenvalue weighted by atomic mass is 16.2. The lowest BCUT2D eigenvalue weighted by molar-refractivity contribution is -0.131. The van der Waals surface area contributed by atoms with Crippen molar-refractivity contribution >= 4 is 5.91 Å². The molecule has 1 unspecified atom stereocenters. The van der Waals surface area contributed by atoms with E-state index in [4.69, 9.17) is 5.26 Å². The van der Waals surface area contributed by atoms with Gasteiger partial charge in [-0.1, -0.05) is 26.2 Å². The molecule has 0 radical (unpaired) electrons. The Morgan fingerprint density at radius 3 is 2.60 bits per heavy atom. The molecule has 0 aliphatic rings. The first-order valence-corrected chi connectivity index (χ1v) is 5.76. The minimum absolute atomic E-state index is 0.0358. The maximum atomic E-state index is 11.6. The number of rotatable bonds is 7. The summed E-state index contributed by atoms with van der Waals surface area (Å²) in [5.74, 6) is 0.161. The van der Waals surface area contributed by atoms with Crippen LogP contribution in [-0.4, -0.2) is 23.9 Å². The first-order valence-electron chi connectivity index (χ1n) is 5.76. The quantitative estimate of drug-likeness (QED) is 0.606. The maximum Gasteiger partial charge on any atom is 0.222 e. The van der Waals surface area contributed by atoms with Crippen LogP contribution in [0, 0.1) is 11.3 Å². The zero-order valence-electron chi connectivity index (χ0n) is 10.1. The Kier molecular flexibility index (Phi) is 7.71. The molecule has 3 heteroatoms. The minimum atomic E-state index is 0.0358. The summed E-state index contributed by atoms with van der Waals surface area (Å²) in [6.07, 6.45) is 5.52. The van der Waals surface area contributed by atoms with E-state index in [1.807, 2.05) is 6.92 Å². The fraction of sp³-hybridized carbons (Fsp3) is 0.833. The molecule has 0 heterocycles. The monoisotopic (exact) mass is 210 g/mol. The lowest BCUT2D eigenvalue weighted by Crippen LogP contribution is -2.34. The smallest absolute Gasteiger partial charge is 0.222 e. The largest absolute Gasteiger partial charge is 0.342 e. The average Bonchev–Trinajstić information content (AvgIpc) is 2.23. The van der Waals surface area contributed by atoms with Crippen molar-refractivity contribution in [3.63, 3.8) is 0 Å². The molecule has 1 atom stereocenters. The predicted octanol–water partition coefficient (Wildman–Crippen LogP) is 2.72. The minimum Gasteiger partial charge on any atom is -0.342 e. The number of nitrogens with zero attached hydrogens (tertiary/aromatic N) is 2. The lowest BCUT2D eigenvalue weighted by atomic mass is 10.1. The van der Waals surface area contributed by atoms with Gasteiger partial charge in [0, 0.05) is 19.5 Å². The molecule has 0 rings (SSSR count). The van der Waals surface area contributed by atoms with Gasteiger partial charge in [-0.15, -0.1) is 0 Å². The van der Waals surface area contributed by atoms with Gasteiger partial charge in [-0.25, -0.2) is 0 Å². The molecule has 3 nitrogen and oxygen atoms in total. The first kappa shape index (κ1) is 14.0. The zero-order chi connectivity index (χ0) is 11.7. The van der Waals surface area contributed by atoms with E-state index in [2.05, 4.69) is 13.0 Å². The molecule has 0 aromatic rings. The van der Waals surface area contributed by atoms with Crippen molar-refractivity contribution in [2.24, 2.45) is 0 Å². The third kappa shape index (κ3) is 6.11. The molecule has 0 aliphatic heterocycles. The Hall–Kier alpha value is -1.04. The third-order valence-electron chi connectivity index (χ3n) is 2.69. The summed E-state index contributed by atoms with van der Waals surface area (Å²) in [6, 6.07) is 2.12. The second kappa shape index (κ2) is 8.28. The van der Waals surface area contributed by atoms with Crippen LogP contribution in [0.25, 0.3) is 0 Å². The molecule has 0 bridgehead atoms. The fourth-order valence-electron chi connectivity index (χ4n) is 1.39. The highest BCUT2D eigenvalue weighted by Gasteiger charge is 2.14. The molecule has 0 saturated heterocycles. The summed E-state index contributed by atoms with van der Waals surface area (Å²) in [5.41, 5.74) is 0. The molecule has 0 saturated carbocycles. The summed E-state index contributed by atoms with van der Waals surface area (Å²) in [5, 5.41) is 8.53. The van der Waals surface area contributed by atoms with Gasteiger partial charge in [0.15, 0.2) is 0 Å². The van der Waals surface area contributed by atoms with Gasteiger partial charge < -0.3 is 4.90 Å². The zero-order valence-corrected chi connectivity index (χ0v) is 10.1. The van der Waals surface area contributed by atoms with Crippen molar-refractivity contribution in [1.82, 2.24) is 4.90 Å². The number of amides is 1. The van der Waals surface area contributed by atoms with Crippen molar-refractivity contribution in [3.8, 4) is 6.07 Å². The van der Waals surface area contributed by atoms with Gasteiger partial charge in [-0.05, 0) is 13.3 Å². The molecule has 0 spiro atoms. The second-order valence-corrected chi connectivity index (χ2v) is 4.03. The van der Waals surface area contributed by atoms with E-state index < -0.39 is 0 Å². The highest BCUT2D eigenvalue weighted by Crippen LogP contribution is 2.07. The summed E-state index contributed by atoms with van der Waals surface area (Å²) in [4.78, 5) is 13.3. The number of carbonyl (C=O) groups is 1. The van der Waals surface area contributed by atoms with Crippen molar-refractivity contribution in [2.45, 2.75) is 58.4 Å². The second-order valence-electron chi connectivity index (χ2n) is 4.03. The molecule has 1 amide bonds. The Balaban J connectivity index is 3.74. The van der Waals surface area contributed by atoms with Gasteiger partial charge in [-0.3, -0.25) is 4.79 Å². The lowest BCUT2D eigenvalue weighted by Gasteiger charge is -2.22. The van der Waals surface area contributed by atoms with Crippen molar-refractivity contribution < 1.29 is 4.79 Å². The van der Waals surface area contributed by atoms with E-state index in [0.29, 0.717) is 12.8 Å². The summed E-state index contributed by atoms with van der Waals surface area (Å²) in [6.45, 7) is 4.07. The van der Waals surface area contributed by atoms with Gasteiger partial charge in [0.1, 0.15) is 0 Å². The van der Waals surface area contributed by atoms with Gasteiger partial charge in [0.05, 0.1) is 12.5 Å². The van der Waals surface area contributed by atoms with Crippen LogP contribution in [0.2, 0.25) is 0 Å². The molecule has 0 aromatic heterocycles. The van der Waals surface area contributed by atoms with Crippen molar-refractivity contribution in [2.75, 3.05) is 7.05 Å². The maximum absolute atomic E-state index is 11.6. The van der Waals surface area contributed by atoms with Gasteiger partial charge in [0.25, 0.3) is 0 Å². The molecule has 0 aromatic carbocycles. The first-order chi connectivity index (χ1) is 7.13. The van der Waals surface area contributed by atoms with Crippen LogP contribution in [0.1, 0.15) is 52.4 Å². The third-order valence-corrected chi connectivity index (χ3v) is 2.69. The van der Waals surface area contributed by atoms with Gasteiger partial charge >= 0.3 is 0 Å². The summed E-state index contributed by atoms with van der Waals surface area (Å²) >= 11 is 0. The van der Waals surface area contributed by atoms with Gasteiger partial charge in [-0.2, -0.15) is 5.26 Å². The number of hydrogen-bond acceptors (Lipinski definition) is 2. The number of hydrogen-bond donors (Lipinski definition) is 0. The molecule has 86 valence electrons. The molecule has 15 heavy (non-hydrogen) atoms. The van der Waals surface area contributed by atoms with Crippen molar-refractivity contribution in [3.05, 3.63) is 0 Å². The van der Waals surface area contributed by atoms with E-state index in [9.17, 15) is 4.79 Å². The standard InChI is InChI=1S/C12H22N2O/c1-4-5-6-7-8-12(15)14(3)11(2)9-10-13/h11H,4-9H2,1-3H3. The Morgan fingerprint density at radius 2 is 2.07 bits per heavy atom. The summed E-state index contributed by atoms with van der Waals surface area (Å²) < 4.78 is 0. The van der Waals surface area contributed by atoms with Crippen LogP contribution in [-0.2, 0) is 4.79 Å². The Bertz CT molecular complexity index is 220. The van der Waals surface area contributed by atoms with Crippen LogP contribution in [0.5, 0.6) is 0 Å². The molecule has 0 fully saturated rings. The normalized spacial score (nSPS) is 11.9. The average molecular weight is 210 g/mol. The Morgan fingerprint density at radius 1 is 1.40 bits per heavy atom. The van der Waals surface area contributed by atoms with E-state index in [0.717, 1.165) is 12.8 Å². The van der Waals surface area contributed by atoms with Crippen molar-refractivity contribution in [1.29, 1.82) is 5.26 Å². The number of nitriles is 1. The predicted molar refractivity (Wildman–Crippen MR) is 61.2 cm³/mol. The van der Waals surface area contributed by atoms with E-state index in [1.54, 1.807) is 11.9 Å². The van der Waals surface area contributed by atoms with Crippen LogP contribution in [0.15, 0.2) is 0 Å². The SMILES string of the molecule is CCCCCCC(=O)N(C)C(C)CC#N. The number of unbranched alkanes of at least 4 members (excludes halogenated alkanes) is 3. The highest BCUT2D eigenvalue weighted by molar-refractivity contribution is 5.76.